The summed E-state index contributed by atoms with van der Waals surface area (Å²) in [6, 6.07) is -22.0. The Labute approximate surface area is 829 Å². The summed E-state index contributed by atoms with van der Waals surface area (Å²) in [4.78, 5) is 327. The van der Waals surface area contributed by atoms with Gasteiger partial charge in [0.25, 0.3) is 0 Å². The third kappa shape index (κ3) is 48.8. The van der Waals surface area contributed by atoms with E-state index in [1.54, 1.807) is 51.1 Å². The van der Waals surface area contributed by atoms with Crippen LogP contribution >= 0.6 is 0 Å². The minimum Gasteiger partial charge on any atom is -0.481 e. The third-order valence-corrected chi connectivity index (χ3v) is 22.3. The highest BCUT2D eigenvalue weighted by Crippen LogP contribution is 2.18. The first-order valence-corrected chi connectivity index (χ1v) is 46.6. The number of unbranched alkanes of at least 4 members (excludes halogenated alkanes) is 1. The van der Waals surface area contributed by atoms with Crippen LogP contribution in [0.1, 0.15) is 197 Å². The number of hydrogen-bond donors (Lipinski definition) is 31. The quantitative estimate of drug-likeness (QED) is 0.0164. The van der Waals surface area contributed by atoms with E-state index in [9.17, 15) is 156 Å². The van der Waals surface area contributed by atoms with Gasteiger partial charge in [0.1, 0.15) is 103 Å². The molecular formula is C88H144N24O32. The van der Waals surface area contributed by atoms with Crippen molar-refractivity contribution in [1.29, 1.82) is 0 Å². The van der Waals surface area contributed by atoms with E-state index in [-0.39, 0.29) is 76.8 Å². The number of nitrogens with two attached hydrogens (primary N) is 6. The molecule has 56 nitrogen and oxygen atoms in total. The van der Waals surface area contributed by atoms with Crippen LogP contribution in [-0.4, -0.2) is 330 Å². The topological polar surface area (TPSA) is 945 Å². The number of aliphatic hydroxyl groups is 3. The van der Waals surface area contributed by atoms with E-state index in [1.165, 1.54) is 41.5 Å². The number of benzene rings is 1. The van der Waals surface area contributed by atoms with Crippen molar-refractivity contribution in [2.45, 2.75) is 313 Å². The second kappa shape index (κ2) is 65.6. The highest BCUT2D eigenvalue weighted by atomic mass is 16.4. The first-order valence-electron chi connectivity index (χ1n) is 46.6. The number of rotatable bonds is 71. The van der Waals surface area contributed by atoms with Crippen molar-refractivity contribution in [3.63, 3.8) is 0 Å². The Morgan fingerprint density at radius 1 is 0.354 bits per heavy atom. The highest BCUT2D eigenvalue weighted by molar-refractivity contribution is 6.03. The number of amides is 19. The lowest BCUT2D eigenvalue weighted by Crippen LogP contribution is -2.63. The van der Waals surface area contributed by atoms with Gasteiger partial charge in [-0.1, -0.05) is 98.6 Å². The highest BCUT2D eigenvalue weighted by Gasteiger charge is 2.42. The summed E-state index contributed by atoms with van der Waals surface area (Å²) in [5.41, 5.74) is 33.5. The molecule has 808 valence electrons. The summed E-state index contributed by atoms with van der Waals surface area (Å²) in [6.07, 6.45) is -11.6. The molecule has 56 heteroatoms. The number of carboxylic acids is 5. The van der Waals surface area contributed by atoms with E-state index in [0.29, 0.717) is 5.56 Å². The fourth-order valence-electron chi connectivity index (χ4n) is 13.6. The largest absolute Gasteiger partial charge is 0.481 e. The number of carboxylic acid groups (broad SMARTS) is 5. The summed E-state index contributed by atoms with van der Waals surface area (Å²) >= 11 is 0. The second-order valence-corrected chi connectivity index (χ2v) is 35.3. The maximum Gasteiger partial charge on any atom is 0.326 e. The van der Waals surface area contributed by atoms with Gasteiger partial charge in [0.2, 0.25) is 112 Å². The molecule has 0 aliphatic carbocycles. The molecule has 0 bridgehead atoms. The van der Waals surface area contributed by atoms with E-state index >= 15 is 0 Å². The lowest BCUT2D eigenvalue weighted by atomic mass is 9.96. The average Bonchev–Trinajstić information content (AvgIpc) is 0.852. The zero-order chi connectivity index (χ0) is 110. The van der Waals surface area contributed by atoms with Gasteiger partial charge in [-0.05, 0) is 121 Å². The van der Waals surface area contributed by atoms with Gasteiger partial charge in [-0.25, -0.2) is 4.79 Å². The molecule has 0 aromatic heterocycles. The smallest absolute Gasteiger partial charge is 0.326 e. The number of aliphatic carboxylic acids is 5. The van der Waals surface area contributed by atoms with Crippen LogP contribution in [0.25, 0.3) is 0 Å². The molecule has 0 aliphatic heterocycles. The van der Waals surface area contributed by atoms with Crippen LogP contribution in [-0.2, 0) is 121 Å². The van der Waals surface area contributed by atoms with Crippen LogP contribution in [0, 0.1) is 23.7 Å². The maximum atomic E-state index is 14.5. The molecule has 0 saturated carbocycles. The standard InChI is InChI=1S/C88H144N24O32/c1-12-42(7)68(111-80(136)57(37-60(91)117)106-82(138)66(92)45(10)114)84(140)101-48(22-17-18-32-89)75(131)112-70(46(11)115)86(142)102-50(25-29-63(121)122)73(129)99-52(27-31-65(125)126)77(133)110-69(43(8)13-2)85(141)108-58(39-113)81(137)100-51(26-30-64(123)124)76(132)109-67(41(5)6)83(139)107-56(36-59(90)116)79(135)104-54(34-40(3)4)72(128)96-38-61(118)97-44(9)71(127)98-49(24-28-62(119)120)74(130)105-55(35-47-20-15-14-16-21-47)78(134)103-53(87(143)144)23-19-33-95-88(93)94/h14-16,20-21,40-46,48-58,66-70,113-115H,12-13,17-19,22-39,89,92H2,1-11H3,(H2,90,116)(H2,91,117)(H,96,128)(H,97,118)(H,98,127)(H,99,129)(H,100,137)(H,101,140)(H,102,142)(H,103,134)(H,104,135)(H,105,130)(H,106,138)(H,107,139)(H,108,141)(H,109,132)(H,110,133)(H,111,136)(H,112,131)(H,119,120)(H,121,122)(H,123,124)(H,125,126)(H,143,144)(H4,93,94,95)/t42-,43-,44-,45+,46+,48-,49-,50-,51-,52-,53-,54-,55-,56-,57-,58-,66-,67-,68-,69-,70-/m0/s1. The number of nitrogens with zero attached hydrogens (tertiary/aromatic N) is 1. The molecule has 0 heterocycles. The number of aliphatic hydroxyl groups excluding tert-OH is 3. The predicted molar refractivity (Wildman–Crippen MR) is 507 cm³/mol. The lowest BCUT2D eigenvalue weighted by Gasteiger charge is -2.30. The van der Waals surface area contributed by atoms with Crippen molar-refractivity contribution >= 4 is 148 Å². The van der Waals surface area contributed by atoms with Crippen LogP contribution in [0.5, 0.6) is 0 Å². The predicted octanol–water partition coefficient (Wildman–Crippen LogP) is -10.5. The van der Waals surface area contributed by atoms with Crippen LogP contribution in [0.4, 0.5) is 0 Å². The van der Waals surface area contributed by atoms with Gasteiger partial charge in [0.15, 0.2) is 5.96 Å². The zero-order valence-corrected chi connectivity index (χ0v) is 82.2. The molecule has 0 fully saturated rings. The Morgan fingerprint density at radius 2 is 0.694 bits per heavy atom. The Bertz CT molecular complexity index is 4600. The Morgan fingerprint density at radius 3 is 1.09 bits per heavy atom. The summed E-state index contributed by atoms with van der Waals surface area (Å²) in [5.74, 6) is -33.5. The van der Waals surface area contributed by atoms with E-state index in [1.807, 2.05) is 0 Å². The average molecular weight is 2050 g/mol. The summed E-state index contributed by atoms with van der Waals surface area (Å²) in [6.45, 7) is 13.2. The van der Waals surface area contributed by atoms with E-state index < -0.39 is 358 Å². The Kier molecular flexibility index (Phi) is 58.1. The number of primary amides is 2. The number of hydrogen-bond acceptors (Lipinski definition) is 30. The van der Waals surface area contributed by atoms with Gasteiger partial charge in [-0.3, -0.25) is 115 Å². The zero-order valence-electron chi connectivity index (χ0n) is 82.2. The van der Waals surface area contributed by atoms with Gasteiger partial charge >= 0.3 is 29.8 Å². The van der Waals surface area contributed by atoms with Gasteiger partial charge < -0.3 is 166 Å². The monoisotopic (exact) mass is 2050 g/mol. The van der Waals surface area contributed by atoms with Gasteiger partial charge in [0.05, 0.1) is 38.2 Å². The molecule has 0 saturated heterocycles. The van der Waals surface area contributed by atoms with Crippen molar-refractivity contribution in [1.82, 2.24) is 90.4 Å². The lowest BCUT2D eigenvalue weighted by molar-refractivity contribution is -0.142. The molecule has 0 unspecified atom stereocenters. The summed E-state index contributed by atoms with van der Waals surface area (Å²) < 4.78 is 0. The first kappa shape index (κ1) is 128. The molecule has 21 atom stereocenters. The molecule has 1 aromatic rings. The molecule has 0 radical (unpaired) electrons. The fourth-order valence-corrected chi connectivity index (χ4v) is 13.6. The first-order chi connectivity index (χ1) is 67.3. The molecule has 1 aromatic carbocycles. The van der Waals surface area contributed by atoms with Crippen molar-refractivity contribution < 1.29 is 156 Å². The molecule has 144 heavy (non-hydrogen) atoms. The Balaban J connectivity index is 3.60. The molecule has 19 amide bonds. The van der Waals surface area contributed by atoms with Crippen molar-refractivity contribution in [2.24, 2.45) is 63.1 Å². The number of aliphatic imine (C=N–C) groups is 1. The normalized spacial score (nSPS) is 15.5. The summed E-state index contributed by atoms with van der Waals surface area (Å²) in [7, 11) is 0. The minimum absolute atomic E-state index is 0.00607. The molecular weight excluding hydrogens is 1910 g/mol. The number of carbonyl (C=O) groups excluding carboxylic acids is 19. The number of nitrogens with one attached hydrogen (secondary N) is 17. The molecule has 0 spiro atoms. The Hall–Kier alpha value is -14.4. The van der Waals surface area contributed by atoms with E-state index in [0.717, 1.165) is 13.8 Å². The van der Waals surface area contributed by atoms with E-state index in [2.05, 4.69) is 95.4 Å². The van der Waals surface area contributed by atoms with Crippen LogP contribution < -0.4 is 125 Å². The summed E-state index contributed by atoms with van der Waals surface area (Å²) in [5, 5.41) is 120. The van der Waals surface area contributed by atoms with Crippen LogP contribution in [0.3, 0.4) is 0 Å². The molecule has 0 aliphatic rings. The van der Waals surface area contributed by atoms with Gasteiger partial charge in [-0.2, -0.15) is 0 Å². The van der Waals surface area contributed by atoms with Crippen LogP contribution in [0.2, 0.25) is 0 Å². The third-order valence-electron chi connectivity index (χ3n) is 22.3. The second-order valence-electron chi connectivity index (χ2n) is 35.3. The fraction of sp³-hybridized carbons (Fsp3) is 0.648. The van der Waals surface area contributed by atoms with Gasteiger partial charge in [-0.15, -0.1) is 0 Å². The molecule has 1 rings (SSSR count). The van der Waals surface area contributed by atoms with Crippen LogP contribution in [0.15, 0.2) is 35.3 Å². The maximum absolute atomic E-state index is 14.5. The van der Waals surface area contributed by atoms with Crippen molar-refractivity contribution in [3.8, 4) is 0 Å². The molecule has 37 N–H and O–H groups in total. The van der Waals surface area contributed by atoms with E-state index in [4.69, 9.17) is 34.4 Å². The van der Waals surface area contributed by atoms with Crippen molar-refractivity contribution in [2.75, 3.05) is 26.2 Å². The SMILES string of the molecule is CC[C@H](C)[C@H](NC(=O)[C@H](CCC(=O)O)NC(=O)[C@H](CCC(=O)O)NC(=O)[C@@H](NC(=O)[C@H](CCCCN)NC(=O)[C@@H](NC(=O)[C@H](CC(N)=O)NC(=O)[C@@H](N)[C@@H](C)O)[C@@H](C)CC)[C@@H](C)O)C(=O)N[C@@H](CO)C(=O)N[C@@H](CCC(=O)O)C(=O)N[C@H](C(=O)N[C@@H](CC(N)=O)C(=O)N[C@@H](CC(C)C)C(=O)NCC(=O)N[C@@H](C)C(=O)N[C@@H](CCC(=O)O)C(=O)N[C@@H](Cc1ccccc1)C(=O)N[C@@H](CCCN=C(N)N)C(=O)O)C(C)C. The minimum atomic E-state index is -2.11. The number of guanidine groups is 1. The van der Waals surface area contributed by atoms with Crippen molar-refractivity contribution in [3.05, 3.63) is 35.9 Å². The number of carbonyl (C=O) groups is 24. The van der Waals surface area contributed by atoms with Gasteiger partial charge in [0, 0.05) is 38.6 Å².